The number of benzene rings is 1. The number of anilines is 1. The van der Waals surface area contributed by atoms with Crippen molar-refractivity contribution in [1.29, 1.82) is 0 Å². The number of carbonyl (C=O) groups is 1. The van der Waals surface area contributed by atoms with Crippen LogP contribution in [0.15, 0.2) is 48.8 Å². The van der Waals surface area contributed by atoms with Crippen LogP contribution in [0.1, 0.15) is 44.1 Å². The monoisotopic (exact) mass is 392 g/mol. The summed E-state index contributed by atoms with van der Waals surface area (Å²) >= 11 is 0. The van der Waals surface area contributed by atoms with Crippen LogP contribution in [0.25, 0.3) is 11.0 Å². The molecule has 1 fully saturated rings. The summed E-state index contributed by atoms with van der Waals surface area (Å²) in [5.41, 5.74) is 4.18. The molecule has 1 saturated heterocycles. The largest absolute Gasteiger partial charge is 0.494 e. The number of H-pyrrole nitrogens is 1. The highest BCUT2D eigenvalue weighted by Gasteiger charge is 2.25. The first kappa shape index (κ1) is 19.3. The van der Waals surface area contributed by atoms with Gasteiger partial charge in [-0.3, -0.25) is 4.98 Å². The van der Waals surface area contributed by atoms with Crippen molar-refractivity contribution < 1.29 is 9.53 Å². The molecule has 0 atom stereocenters. The normalized spacial score (nSPS) is 14.9. The summed E-state index contributed by atoms with van der Waals surface area (Å²) in [4.78, 5) is 22.4. The third kappa shape index (κ3) is 4.53. The molecule has 0 radical (unpaired) electrons. The van der Waals surface area contributed by atoms with Crippen LogP contribution in [0.3, 0.4) is 0 Å². The van der Waals surface area contributed by atoms with Gasteiger partial charge in [0.2, 0.25) is 0 Å². The zero-order valence-electron chi connectivity index (χ0n) is 16.9. The first-order chi connectivity index (χ1) is 14.2. The Morgan fingerprint density at radius 3 is 2.79 bits per heavy atom. The fraction of sp³-hybridized carbons (Fsp3) is 0.391. The molecule has 0 spiro atoms. The van der Waals surface area contributed by atoms with E-state index in [2.05, 4.69) is 34.5 Å². The first-order valence-electron chi connectivity index (χ1n) is 10.5. The van der Waals surface area contributed by atoms with E-state index in [0.29, 0.717) is 5.92 Å². The van der Waals surface area contributed by atoms with Crippen molar-refractivity contribution in [3.8, 4) is 5.75 Å². The van der Waals surface area contributed by atoms with Crippen LogP contribution >= 0.6 is 0 Å². The van der Waals surface area contributed by atoms with Crippen molar-refractivity contribution in [2.75, 3.05) is 25.0 Å². The van der Waals surface area contributed by atoms with Gasteiger partial charge in [0.25, 0.3) is 0 Å². The molecule has 0 saturated carbocycles. The van der Waals surface area contributed by atoms with Gasteiger partial charge in [0.05, 0.1) is 17.6 Å². The maximum Gasteiger partial charge on any atom is 0.321 e. The van der Waals surface area contributed by atoms with E-state index in [0.717, 1.165) is 67.8 Å². The summed E-state index contributed by atoms with van der Waals surface area (Å²) in [7, 11) is 0. The van der Waals surface area contributed by atoms with Crippen LogP contribution in [-0.4, -0.2) is 40.6 Å². The smallest absolute Gasteiger partial charge is 0.321 e. The summed E-state index contributed by atoms with van der Waals surface area (Å²) in [6.45, 7) is 4.35. The number of amides is 2. The van der Waals surface area contributed by atoms with E-state index in [1.54, 1.807) is 0 Å². The van der Waals surface area contributed by atoms with Crippen molar-refractivity contribution in [2.24, 2.45) is 0 Å². The van der Waals surface area contributed by atoms with Crippen LogP contribution in [0, 0.1) is 0 Å². The van der Waals surface area contributed by atoms with E-state index in [9.17, 15) is 4.79 Å². The fourth-order valence-electron chi connectivity index (χ4n) is 3.85. The Hall–Kier alpha value is -3.02. The third-order valence-electron chi connectivity index (χ3n) is 5.56. The van der Waals surface area contributed by atoms with Gasteiger partial charge < -0.3 is 19.9 Å². The lowest BCUT2D eigenvalue weighted by molar-refractivity contribution is 0.194. The molecule has 3 aromatic rings. The van der Waals surface area contributed by atoms with Crippen LogP contribution < -0.4 is 10.1 Å². The molecular weight excluding hydrogens is 364 g/mol. The van der Waals surface area contributed by atoms with Crippen molar-refractivity contribution in [2.45, 2.75) is 38.5 Å². The molecule has 6 heteroatoms. The van der Waals surface area contributed by atoms with E-state index in [1.165, 1.54) is 5.56 Å². The van der Waals surface area contributed by atoms with Gasteiger partial charge in [0.1, 0.15) is 5.75 Å². The second-order valence-electron chi connectivity index (χ2n) is 7.56. The summed E-state index contributed by atoms with van der Waals surface area (Å²) in [6, 6.07) is 11.5. The summed E-state index contributed by atoms with van der Waals surface area (Å²) in [6.07, 6.45) is 7.96. The Morgan fingerprint density at radius 1 is 1.24 bits per heavy atom. The minimum Gasteiger partial charge on any atom is -0.494 e. The Balaban J connectivity index is 1.30. The molecule has 4 rings (SSSR count). The number of aromatic amines is 1. The number of fused-ring (bicyclic) bond motifs is 1. The molecule has 1 aliphatic rings. The van der Waals surface area contributed by atoms with Crippen molar-refractivity contribution in [1.82, 2.24) is 14.9 Å². The average Bonchev–Trinajstić information content (AvgIpc) is 3.19. The number of hydrogen-bond acceptors (Lipinski definition) is 3. The van der Waals surface area contributed by atoms with Crippen LogP contribution in [0.2, 0.25) is 0 Å². The van der Waals surface area contributed by atoms with Gasteiger partial charge in [-0.2, -0.15) is 0 Å². The van der Waals surface area contributed by atoms with Gasteiger partial charge in [-0.1, -0.05) is 13.3 Å². The number of piperidine rings is 1. The molecule has 0 unspecified atom stereocenters. The Bertz CT molecular complexity index is 943. The second kappa shape index (κ2) is 8.99. The minimum absolute atomic E-state index is 0.0415. The molecule has 152 valence electrons. The number of urea groups is 1. The molecule has 2 aromatic heterocycles. The molecule has 0 aliphatic carbocycles. The first-order valence-corrected chi connectivity index (χ1v) is 10.5. The standard InChI is InChI=1S/C23H28N4O2/c1-2-3-15-29-19-8-6-18(7-9-19)26-23(28)27-13-10-17(11-14-27)20-16-25-21-5-4-12-24-22(20)21/h4-9,12,16-17,25H,2-3,10-11,13-15H2,1H3,(H,26,28). The highest BCUT2D eigenvalue weighted by atomic mass is 16.5. The van der Waals surface area contributed by atoms with Gasteiger partial charge in [-0.05, 0) is 67.1 Å². The number of hydrogen-bond donors (Lipinski definition) is 2. The maximum absolute atomic E-state index is 12.6. The fourth-order valence-corrected chi connectivity index (χ4v) is 3.85. The maximum atomic E-state index is 12.6. The Morgan fingerprint density at radius 2 is 2.03 bits per heavy atom. The van der Waals surface area contributed by atoms with E-state index < -0.39 is 0 Å². The number of pyridine rings is 1. The Labute approximate surface area is 171 Å². The van der Waals surface area contributed by atoms with E-state index in [4.69, 9.17) is 4.74 Å². The van der Waals surface area contributed by atoms with Crippen LogP contribution in [-0.2, 0) is 0 Å². The van der Waals surface area contributed by atoms with Gasteiger partial charge in [0.15, 0.2) is 0 Å². The molecule has 3 heterocycles. The average molecular weight is 393 g/mol. The quantitative estimate of drug-likeness (QED) is 0.570. The van der Waals surface area contributed by atoms with Gasteiger partial charge in [-0.25, -0.2) is 4.79 Å². The summed E-state index contributed by atoms with van der Waals surface area (Å²) < 4.78 is 5.67. The summed E-state index contributed by atoms with van der Waals surface area (Å²) in [5.74, 6) is 1.27. The minimum atomic E-state index is -0.0415. The molecule has 2 amide bonds. The number of likely N-dealkylation sites (tertiary alicyclic amines) is 1. The number of aromatic nitrogens is 2. The number of rotatable bonds is 6. The van der Waals surface area contributed by atoms with Crippen molar-refractivity contribution >= 4 is 22.8 Å². The zero-order valence-corrected chi connectivity index (χ0v) is 16.9. The summed E-state index contributed by atoms with van der Waals surface area (Å²) in [5, 5.41) is 3.00. The molecule has 29 heavy (non-hydrogen) atoms. The van der Waals surface area contributed by atoms with Crippen LogP contribution in [0.5, 0.6) is 5.75 Å². The predicted octanol–water partition coefficient (Wildman–Crippen LogP) is 5.15. The van der Waals surface area contributed by atoms with Crippen molar-refractivity contribution in [3.63, 3.8) is 0 Å². The van der Waals surface area contributed by atoms with E-state index >= 15 is 0 Å². The lowest BCUT2D eigenvalue weighted by Crippen LogP contribution is -2.40. The molecule has 0 bridgehead atoms. The molecule has 1 aliphatic heterocycles. The SMILES string of the molecule is CCCCOc1ccc(NC(=O)N2CCC(c3c[nH]c4cccnc34)CC2)cc1. The topological polar surface area (TPSA) is 70.2 Å². The van der Waals surface area contributed by atoms with Crippen molar-refractivity contribution in [3.05, 3.63) is 54.4 Å². The molecule has 2 N–H and O–H groups in total. The van der Waals surface area contributed by atoms with Gasteiger partial charge in [-0.15, -0.1) is 0 Å². The molecule has 6 nitrogen and oxygen atoms in total. The Kier molecular flexibility index (Phi) is 5.98. The predicted molar refractivity (Wildman–Crippen MR) is 116 cm³/mol. The third-order valence-corrected chi connectivity index (χ3v) is 5.56. The number of nitrogens with zero attached hydrogens (tertiary/aromatic N) is 2. The van der Waals surface area contributed by atoms with Gasteiger partial charge >= 0.3 is 6.03 Å². The number of unbranched alkanes of at least 4 members (excludes halogenated alkanes) is 1. The number of carbonyl (C=O) groups excluding carboxylic acids is 1. The van der Waals surface area contributed by atoms with E-state index in [-0.39, 0.29) is 6.03 Å². The lowest BCUT2D eigenvalue weighted by Gasteiger charge is -2.31. The number of ether oxygens (including phenoxy) is 1. The number of nitrogens with one attached hydrogen (secondary N) is 2. The lowest BCUT2D eigenvalue weighted by atomic mass is 9.90. The molecular formula is C23H28N4O2. The highest BCUT2D eigenvalue weighted by molar-refractivity contribution is 5.89. The van der Waals surface area contributed by atoms with Gasteiger partial charge in [0, 0.05) is 31.2 Å². The second-order valence-corrected chi connectivity index (χ2v) is 7.56. The highest BCUT2D eigenvalue weighted by Crippen LogP contribution is 2.32. The van der Waals surface area contributed by atoms with Crippen LogP contribution in [0.4, 0.5) is 10.5 Å². The van der Waals surface area contributed by atoms with E-state index in [1.807, 2.05) is 41.4 Å². The molecule has 1 aromatic carbocycles. The zero-order chi connectivity index (χ0) is 20.1.